The number of likely N-dealkylation sites (N-methyl/N-ethyl adjacent to an activating group) is 1. The van der Waals surface area contributed by atoms with Crippen LogP contribution >= 0.6 is 0 Å². The van der Waals surface area contributed by atoms with Gasteiger partial charge in [0.15, 0.2) is 0 Å². The van der Waals surface area contributed by atoms with Gasteiger partial charge in [-0.25, -0.2) is 9.37 Å². The molecule has 2 rings (SSSR count). The molecule has 2 aromatic rings. The van der Waals surface area contributed by atoms with Crippen LogP contribution in [0.2, 0.25) is 0 Å². The second-order valence-electron chi connectivity index (χ2n) is 7.87. The maximum atomic E-state index is 13.4. The summed E-state index contributed by atoms with van der Waals surface area (Å²) >= 11 is 0. The quantitative estimate of drug-likeness (QED) is 0.286. The van der Waals surface area contributed by atoms with E-state index in [1.807, 2.05) is 7.05 Å². The van der Waals surface area contributed by atoms with E-state index >= 15 is 0 Å². The van der Waals surface area contributed by atoms with E-state index in [2.05, 4.69) is 63.8 Å². The Morgan fingerprint density at radius 3 is 2.76 bits per heavy atom. The van der Waals surface area contributed by atoms with Crippen LogP contribution in [-0.4, -0.2) is 42.1 Å². The normalized spacial score (nSPS) is 12.3. The van der Waals surface area contributed by atoms with Crippen molar-refractivity contribution in [2.24, 2.45) is 5.92 Å². The van der Waals surface area contributed by atoms with Crippen LogP contribution in [0.1, 0.15) is 52.0 Å². The van der Waals surface area contributed by atoms with Crippen molar-refractivity contribution in [3.63, 3.8) is 0 Å². The molecule has 0 bridgehead atoms. The number of carbonyl (C=O) groups excluding carboxylic acids is 1. The lowest BCUT2D eigenvalue weighted by atomic mass is 9.98. The number of aromatic nitrogens is 2. The Balaban J connectivity index is 1.94. The molecule has 7 nitrogen and oxygen atoms in total. The summed E-state index contributed by atoms with van der Waals surface area (Å²) in [5.41, 5.74) is 1.27. The van der Waals surface area contributed by atoms with Crippen molar-refractivity contribution in [3.05, 3.63) is 41.8 Å². The molecule has 33 heavy (non-hydrogen) atoms. The number of nitrogens with zero attached hydrogens (tertiary/aromatic N) is 2. The van der Waals surface area contributed by atoms with Crippen LogP contribution in [0.3, 0.4) is 0 Å². The third kappa shape index (κ3) is 8.70. The van der Waals surface area contributed by atoms with Gasteiger partial charge >= 0.3 is 0 Å². The molecule has 0 aliphatic carbocycles. The highest BCUT2D eigenvalue weighted by atomic mass is 19.1. The first-order valence-electron chi connectivity index (χ1n) is 11.6. The van der Waals surface area contributed by atoms with Crippen molar-refractivity contribution in [3.8, 4) is 11.8 Å². The van der Waals surface area contributed by atoms with Gasteiger partial charge in [-0.1, -0.05) is 45.1 Å². The van der Waals surface area contributed by atoms with Gasteiger partial charge in [-0.3, -0.25) is 4.79 Å². The number of amides is 1. The molecule has 1 aromatic heterocycles. The topological polar surface area (TPSA) is 91.0 Å². The Morgan fingerprint density at radius 2 is 2.06 bits per heavy atom. The summed E-state index contributed by atoms with van der Waals surface area (Å²) in [6.07, 6.45) is 4.94. The molecule has 1 aromatic carbocycles. The maximum Gasteiger partial charge on any atom is 0.237 e. The van der Waals surface area contributed by atoms with Gasteiger partial charge in [0.05, 0.1) is 17.8 Å². The molecule has 1 unspecified atom stereocenters. The number of hydrogen-bond donors (Lipinski definition) is 4. The summed E-state index contributed by atoms with van der Waals surface area (Å²) < 4.78 is 13.4. The van der Waals surface area contributed by atoms with Crippen LogP contribution in [0.5, 0.6) is 0 Å². The Bertz CT molecular complexity index is 955. The highest BCUT2D eigenvalue weighted by Crippen LogP contribution is 2.18. The standard InChI is InChI=1S/C25H35FN6O/c1-5-14-28-23-19(17-30-25(32-23)31-21-13-10-12-20(26)16-21)11-8-7-9-15-29-24(33)22(27-4)18(3)6-2/h10,12-13,16-18,22,27H,5-7,9,14-15H2,1-4H3,(H,29,33)(H2,28,30,31,32)/t18?,22-/m0/s1. The van der Waals surface area contributed by atoms with Crippen LogP contribution in [0.15, 0.2) is 30.5 Å². The minimum absolute atomic E-state index is 0.0284. The van der Waals surface area contributed by atoms with E-state index in [1.165, 1.54) is 12.1 Å². The summed E-state index contributed by atoms with van der Waals surface area (Å²) in [4.78, 5) is 21.1. The monoisotopic (exact) mass is 454 g/mol. The van der Waals surface area contributed by atoms with E-state index in [1.54, 1.807) is 18.3 Å². The van der Waals surface area contributed by atoms with Crippen LogP contribution in [0.4, 0.5) is 21.8 Å². The number of halogens is 1. The fourth-order valence-electron chi connectivity index (χ4n) is 3.17. The van der Waals surface area contributed by atoms with Gasteiger partial charge in [0.25, 0.3) is 0 Å². The van der Waals surface area contributed by atoms with E-state index < -0.39 is 0 Å². The molecular weight excluding hydrogens is 419 g/mol. The van der Waals surface area contributed by atoms with Crippen molar-refractivity contribution >= 4 is 23.4 Å². The predicted octanol–water partition coefficient (Wildman–Crippen LogP) is 4.06. The molecule has 0 spiro atoms. The van der Waals surface area contributed by atoms with Crippen molar-refractivity contribution in [2.45, 2.75) is 52.5 Å². The fourth-order valence-corrected chi connectivity index (χ4v) is 3.17. The van der Waals surface area contributed by atoms with Gasteiger partial charge in [-0.2, -0.15) is 4.98 Å². The van der Waals surface area contributed by atoms with Gasteiger partial charge < -0.3 is 21.3 Å². The Hall–Kier alpha value is -3.18. The van der Waals surface area contributed by atoms with Crippen LogP contribution in [0.25, 0.3) is 0 Å². The van der Waals surface area contributed by atoms with E-state index in [9.17, 15) is 9.18 Å². The minimum atomic E-state index is -0.329. The molecule has 0 saturated carbocycles. The lowest BCUT2D eigenvalue weighted by molar-refractivity contribution is -0.124. The average Bonchev–Trinajstić information content (AvgIpc) is 2.81. The van der Waals surface area contributed by atoms with Crippen molar-refractivity contribution < 1.29 is 9.18 Å². The van der Waals surface area contributed by atoms with Crippen molar-refractivity contribution in [1.29, 1.82) is 0 Å². The van der Waals surface area contributed by atoms with Crippen LogP contribution < -0.4 is 21.3 Å². The maximum absolute atomic E-state index is 13.4. The Labute approximate surface area is 196 Å². The summed E-state index contributed by atoms with van der Waals surface area (Å²) in [6, 6.07) is 5.97. The zero-order valence-electron chi connectivity index (χ0n) is 20.0. The number of carbonyl (C=O) groups is 1. The molecule has 0 radical (unpaired) electrons. The van der Waals surface area contributed by atoms with Crippen LogP contribution in [-0.2, 0) is 4.79 Å². The number of hydrogen-bond acceptors (Lipinski definition) is 6. The van der Waals surface area contributed by atoms with Gasteiger partial charge in [0.1, 0.15) is 11.6 Å². The lowest BCUT2D eigenvalue weighted by Crippen LogP contribution is -2.46. The fraction of sp³-hybridized carbons (Fsp3) is 0.480. The molecule has 0 saturated heterocycles. The number of rotatable bonds is 12. The molecule has 0 aliphatic rings. The number of benzene rings is 1. The van der Waals surface area contributed by atoms with E-state index in [0.717, 1.165) is 25.8 Å². The number of nitrogens with one attached hydrogen (secondary N) is 4. The van der Waals surface area contributed by atoms with Gasteiger partial charge in [0, 0.05) is 25.2 Å². The van der Waals surface area contributed by atoms with E-state index in [-0.39, 0.29) is 23.7 Å². The molecule has 1 heterocycles. The van der Waals surface area contributed by atoms with Crippen molar-refractivity contribution in [2.75, 3.05) is 30.8 Å². The summed E-state index contributed by atoms with van der Waals surface area (Å²) in [5.74, 6) is 7.24. The summed E-state index contributed by atoms with van der Waals surface area (Å²) in [5, 5.41) is 12.4. The van der Waals surface area contributed by atoms with Gasteiger partial charge in [0.2, 0.25) is 11.9 Å². The highest BCUT2D eigenvalue weighted by molar-refractivity contribution is 5.81. The molecule has 8 heteroatoms. The Morgan fingerprint density at radius 1 is 1.24 bits per heavy atom. The molecule has 178 valence electrons. The van der Waals surface area contributed by atoms with Gasteiger partial charge in [-0.15, -0.1) is 0 Å². The predicted molar refractivity (Wildman–Crippen MR) is 132 cm³/mol. The average molecular weight is 455 g/mol. The molecule has 4 N–H and O–H groups in total. The third-order valence-corrected chi connectivity index (χ3v) is 5.22. The first kappa shape index (κ1) is 26.1. The second kappa shape index (κ2) is 14.1. The molecule has 2 atom stereocenters. The SMILES string of the molecule is CCCNc1nc(Nc2cccc(F)c2)ncc1C#CCCCNC(=O)[C@@H](NC)C(C)CC. The lowest BCUT2D eigenvalue weighted by Gasteiger charge is -2.21. The summed E-state index contributed by atoms with van der Waals surface area (Å²) in [7, 11) is 1.81. The molecule has 0 fully saturated rings. The zero-order valence-corrected chi connectivity index (χ0v) is 20.0. The summed E-state index contributed by atoms with van der Waals surface area (Å²) in [6.45, 7) is 7.54. The smallest absolute Gasteiger partial charge is 0.237 e. The first-order chi connectivity index (χ1) is 16.0. The minimum Gasteiger partial charge on any atom is -0.369 e. The van der Waals surface area contributed by atoms with E-state index in [4.69, 9.17) is 0 Å². The van der Waals surface area contributed by atoms with Crippen molar-refractivity contribution in [1.82, 2.24) is 20.6 Å². The first-order valence-corrected chi connectivity index (χ1v) is 11.6. The highest BCUT2D eigenvalue weighted by Gasteiger charge is 2.21. The second-order valence-corrected chi connectivity index (χ2v) is 7.87. The van der Waals surface area contributed by atoms with Gasteiger partial charge in [-0.05, 0) is 44.0 Å². The largest absolute Gasteiger partial charge is 0.369 e. The van der Waals surface area contributed by atoms with Crippen LogP contribution in [0, 0.1) is 23.6 Å². The van der Waals surface area contributed by atoms with E-state index in [0.29, 0.717) is 36.0 Å². The molecule has 0 aliphatic heterocycles. The third-order valence-electron chi connectivity index (χ3n) is 5.22. The molecular formula is C25H35FN6O. The number of unbranched alkanes of at least 4 members (excludes halogenated alkanes) is 1. The zero-order chi connectivity index (χ0) is 24.1. The Kier molecular flexibility index (Phi) is 11.1. The number of anilines is 3. The molecule has 1 amide bonds.